The van der Waals surface area contributed by atoms with Crippen molar-refractivity contribution < 1.29 is 29.0 Å². The Bertz CT molecular complexity index is 733. The molecule has 1 aromatic carbocycles. The maximum Gasteiger partial charge on any atom is 0.323 e. The molecule has 1 fully saturated rings. The van der Waals surface area contributed by atoms with Gasteiger partial charge in [-0.25, -0.2) is 0 Å². The molecule has 1 heterocycles. The molecule has 1 aliphatic rings. The fourth-order valence-electron chi connectivity index (χ4n) is 2.06. The quantitative estimate of drug-likeness (QED) is 0.513. The first kappa shape index (κ1) is 18.6. The van der Waals surface area contributed by atoms with Gasteiger partial charge in [-0.3, -0.25) is 19.3 Å². The third-order valence-electron chi connectivity index (χ3n) is 3.00. The fourth-order valence-corrected chi connectivity index (χ4v) is 3.74. The van der Waals surface area contributed by atoms with E-state index in [1.807, 2.05) is 6.92 Å². The van der Waals surface area contributed by atoms with Crippen molar-refractivity contribution in [2.45, 2.75) is 6.92 Å². The molecule has 128 valence electrons. The average molecular weight is 463 g/mol. The zero-order valence-corrected chi connectivity index (χ0v) is 15.8. The van der Waals surface area contributed by atoms with Gasteiger partial charge in [0.1, 0.15) is 6.54 Å². The van der Waals surface area contributed by atoms with Crippen molar-refractivity contribution in [1.82, 2.24) is 4.90 Å². The lowest BCUT2D eigenvalue weighted by Gasteiger charge is -2.12. The van der Waals surface area contributed by atoms with Crippen LogP contribution in [0.25, 0.3) is 6.08 Å². The lowest BCUT2D eigenvalue weighted by atomic mass is 10.2. The van der Waals surface area contributed by atoms with Gasteiger partial charge < -0.3 is 14.6 Å². The van der Waals surface area contributed by atoms with E-state index in [0.717, 1.165) is 3.57 Å². The Kier molecular flexibility index (Phi) is 6.10. The molecule has 2 amide bonds. The van der Waals surface area contributed by atoms with Crippen LogP contribution in [-0.4, -0.2) is 47.4 Å². The van der Waals surface area contributed by atoms with E-state index in [4.69, 9.17) is 14.6 Å². The summed E-state index contributed by atoms with van der Waals surface area (Å²) in [6.45, 7) is 1.65. The Labute approximate surface area is 156 Å². The summed E-state index contributed by atoms with van der Waals surface area (Å²) in [6, 6.07) is 3.49. The molecule has 0 unspecified atom stereocenters. The first-order valence-electron chi connectivity index (χ1n) is 6.84. The van der Waals surface area contributed by atoms with Crippen molar-refractivity contribution >= 4 is 57.5 Å². The molecule has 2 rings (SSSR count). The maximum atomic E-state index is 12.2. The minimum Gasteiger partial charge on any atom is -0.492 e. The number of halogens is 1. The molecule has 1 aliphatic heterocycles. The van der Waals surface area contributed by atoms with Crippen LogP contribution in [0.15, 0.2) is 17.0 Å². The number of nitrogens with zero attached hydrogens (tertiary/aromatic N) is 1. The molecule has 0 radical (unpaired) electrons. The van der Waals surface area contributed by atoms with Crippen LogP contribution >= 0.6 is 34.4 Å². The van der Waals surface area contributed by atoms with Gasteiger partial charge in [0.25, 0.3) is 11.1 Å². The highest BCUT2D eigenvalue weighted by Gasteiger charge is 2.36. The number of imide groups is 1. The van der Waals surface area contributed by atoms with Crippen LogP contribution in [0.1, 0.15) is 12.5 Å². The number of carbonyl (C=O) groups is 3. The summed E-state index contributed by atoms with van der Waals surface area (Å²) in [6.07, 6.45) is 1.54. The molecule has 24 heavy (non-hydrogen) atoms. The van der Waals surface area contributed by atoms with Crippen LogP contribution < -0.4 is 9.47 Å². The summed E-state index contributed by atoms with van der Waals surface area (Å²) in [5, 5.41) is 8.17. The lowest BCUT2D eigenvalue weighted by molar-refractivity contribution is -0.140. The number of hydrogen-bond donors (Lipinski definition) is 1. The van der Waals surface area contributed by atoms with E-state index in [1.54, 1.807) is 12.1 Å². The number of carbonyl (C=O) groups excluding carboxylic acids is 2. The topological polar surface area (TPSA) is 93.1 Å². The van der Waals surface area contributed by atoms with Gasteiger partial charge in [-0.15, -0.1) is 0 Å². The monoisotopic (exact) mass is 463 g/mol. The Morgan fingerprint density at radius 2 is 2.12 bits per heavy atom. The SMILES string of the molecule is CCOc1cc(/C=C2/SC(=O)N(CC(=O)O)C2=O)cc(I)c1OC. The molecular weight excluding hydrogens is 449 g/mol. The summed E-state index contributed by atoms with van der Waals surface area (Å²) >= 11 is 2.80. The lowest BCUT2D eigenvalue weighted by Crippen LogP contribution is -2.33. The second kappa shape index (κ2) is 7.88. The van der Waals surface area contributed by atoms with E-state index in [0.29, 0.717) is 40.3 Å². The van der Waals surface area contributed by atoms with Crippen molar-refractivity contribution in [3.05, 3.63) is 26.2 Å². The largest absolute Gasteiger partial charge is 0.492 e. The van der Waals surface area contributed by atoms with E-state index in [9.17, 15) is 14.4 Å². The molecule has 0 saturated carbocycles. The van der Waals surface area contributed by atoms with E-state index in [2.05, 4.69) is 22.6 Å². The highest BCUT2D eigenvalue weighted by atomic mass is 127. The van der Waals surface area contributed by atoms with Crippen molar-refractivity contribution in [1.29, 1.82) is 0 Å². The summed E-state index contributed by atoms with van der Waals surface area (Å²) in [5.41, 5.74) is 0.657. The number of carboxylic acid groups (broad SMARTS) is 1. The molecule has 1 aromatic rings. The van der Waals surface area contributed by atoms with Gasteiger partial charge in [0.05, 0.1) is 22.2 Å². The summed E-state index contributed by atoms with van der Waals surface area (Å²) in [5.74, 6) is -0.733. The number of carboxylic acids is 1. The Morgan fingerprint density at radius 3 is 2.71 bits per heavy atom. The standard InChI is InChI=1S/C15H14INO6S/c1-3-23-10-5-8(4-9(16)13(10)22-2)6-11-14(20)17(7-12(18)19)15(21)24-11/h4-6H,3,7H2,1-2H3,(H,18,19)/b11-6+. The highest BCUT2D eigenvalue weighted by Crippen LogP contribution is 2.37. The van der Waals surface area contributed by atoms with Gasteiger partial charge >= 0.3 is 5.97 Å². The highest BCUT2D eigenvalue weighted by molar-refractivity contribution is 14.1. The zero-order chi connectivity index (χ0) is 17.9. The molecule has 0 spiro atoms. The van der Waals surface area contributed by atoms with Crippen molar-refractivity contribution in [2.75, 3.05) is 20.3 Å². The third-order valence-corrected chi connectivity index (χ3v) is 4.71. The number of aliphatic carboxylic acids is 1. The summed E-state index contributed by atoms with van der Waals surface area (Å²) in [7, 11) is 1.54. The molecule has 7 nitrogen and oxygen atoms in total. The molecule has 0 bridgehead atoms. The summed E-state index contributed by atoms with van der Waals surface area (Å²) < 4.78 is 11.6. The van der Waals surface area contributed by atoms with Gasteiger partial charge in [-0.2, -0.15) is 0 Å². The normalized spacial score (nSPS) is 16.0. The van der Waals surface area contributed by atoms with Crippen molar-refractivity contribution in [3.63, 3.8) is 0 Å². The molecule has 1 saturated heterocycles. The predicted octanol–water partition coefficient (Wildman–Crippen LogP) is 2.82. The van der Waals surface area contributed by atoms with Gasteiger partial charge in [0.2, 0.25) is 0 Å². The van der Waals surface area contributed by atoms with E-state index < -0.39 is 23.7 Å². The zero-order valence-electron chi connectivity index (χ0n) is 12.9. The molecule has 0 aromatic heterocycles. The van der Waals surface area contributed by atoms with E-state index >= 15 is 0 Å². The maximum absolute atomic E-state index is 12.2. The minimum absolute atomic E-state index is 0.171. The third kappa shape index (κ3) is 4.01. The second-order valence-electron chi connectivity index (χ2n) is 4.63. The number of rotatable bonds is 6. The Morgan fingerprint density at radius 1 is 1.42 bits per heavy atom. The van der Waals surface area contributed by atoms with Crippen LogP contribution in [0.2, 0.25) is 0 Å². The number of amides is 2. The number of benzene rings is 1. The molecule has 1 N–H and O–H groups in total. The van der Waals surface area contributed by atoms with Crippen LogP contribution in [0, 0.1) is 3.57 Å². The van der Waals surface area contributed by atoms with Gasteiger partial charge in [0, 0.05) is 0 Å². The van der Waals surface area contributed by atoms with Crippen LogP contribution in [0.5, 0.6) is 11.5 Å². The number of methoxy groups -OCH3 is 1. The minimum atomic E-state index is -1.24. The first-order chi connectivity index (χ1) is 11.4. The second-order valence-corrected chi connectivity index (χ2v) is 6.78. The van der Waals surface area contributed by atoms with Crippen molar-refractivity contribution in [2.24, 2.45) is 0 Å². The van der Waals surface area contributed by atoms with Crippen LogP contribution in [0.4, 0.5) is 4.79 Å². The number of ether oxygens (including phenoxy) is 2. The van der Waals surface area contributed by atoms with Gasteiger partial charge in [-0.05, 0) is 65.0 Å². The van der Waals surface area contributed by atoms with Gasteiger partial charge in [-0.1, -0.05) is 0 Å². The van der Waals surface area contributed by atoms with E-state index in [1.165, 1.54) is 13.2 Å². The predicted molar refractivity (Wildman–Crippen MR) is 97.2 cm³/mol. The molecular formula is C15H14INO6S. The Hall–Kier alpha value is -1.75. The smallest absolute Gasteiger partial charge is 0.323 e. The van der Waals surface area contributed by atoms with Crippen LogP contribution in [0.3, 0.4) is 0 Å². The van der Waals surface area contributed by atoms with Gasteiger partial charge in [0.15, 0.2) is 11.5 Å². The molecule has 0 aliphatic carbocycles. The fraction of sp³-hybridized carbons (Fsp3) is 0.267. The van der Waals surface area contributed by atoms with Crippen molar-refractivity contribution in [3.8, 4) is 11.5 Å². The molecule has 0 atom stereocenters. The average Bonchev–Trinajstić information content (AvgIpc) is 2.75. The number of hydrogen-bond acceptors (Lipinski definition) is 6. The molecule has 9 heteroatoms. The first-order valence-corrected chi connectivity index (χ1v) is 8.74. The van der Waals surface area contributed by atoms with Crippen LogP contribution in [-0.2, 0) is 9.59 Å². The Balaban J connectivity index is 2.36. The van der Waals surface area contributed by atoms with E-state index in [-0.39, 0.29) is 4.91 Å². The number of thioether (sulfide) groups is 1. The summed E-state index contributed by atoms with van der Waals surface area (Å²) in [4.78, 5) is 35.6.